The number of esters is 1. The largest absolute Gasteiger partial charge is 0.494 e. The molecule has 8 rings (SSSR count). The number of aryl methyl sites for hydroxylation is 6. The van der Waals surface area contributed by atoms with Gasteiger partial charge in [0.15, 0.2) is 0 Å². The molecule has 2 aliphatic rings. The van der Waals surface area contributed by atoms with Crippen molar-refractivity contribution >= 4 is 50.7 Å². The summed E-state index contributed by atoms with van der Waals surface area (Å²) in [7, 11) is 1.32. The number of nitrogens with zero attached hydrogens (tertiary/aromatic N) is 2. The highest BCUT2D eigenvalue weighted by molar-refractivity contribution is 7.59. The third kappa shape index (κ3) is 17.3. The first-order chi connectivity index (χ1) is 33.7. The minimum atomic E-state index is -1.07. The van der Waals surface area contributed by atoms with Gasteiger partial charge in [-0.2, -0.15) is 27.0 Å². The molecule has 2 atom stereocenters. The molecule has 0 bridgehead atoms. The molecular weight excluding hydrogens is 933 g/mol. The van der Waals surface area contributed by atoms with Crippen LogP contribution in [0.2, 0.25) is 0 Å². The van der Waals surface area contributed by atoms with Crippen LogP contribution in [-0.4, -0.2) is 71.2 Å². The Morgan fingerprint density at radius 3 is 1.37 bits per heavy atom. The molecule has 0 saturated heterocycles. The minimum absolute atomic E-state index is 0. The molecule has 3 N–H and O–H groups in total. The number of aromatic nitrogens is 2. The average molecular weight is 999 g/mol. The zero-order valence-electron chi connectivity index (χ0n) is 40.4. The Kier molecular flexibility index (Phi) is 22.5. The van der Waals surface area contributed by atoms with Crippen molar-refractivity contribution in [3.05, 3.63) is 190 Å². The monoisotopic (exact) mass is 998 g/mol. The Morgan fingerprint density at radius 2 is 0.944 bits per heavy atom. The third-order valence-corrected chi connectivity index (χ3v) is 12.4. The third-order valence-electron chi connectivity index (χ3n) is 12.4. The molecule has 0 radical (unpaired) electrons. The maximum Gasteiger partial charge on any atom is 0.328 e. The standard InChI is InChI=1S/C29H32N2O4.C28H30N2O4.2H2S/c1-34-29(33)27(31-28(32)23-9-3-2-4-10-23)20-21-13-17-25(18-14-21)35-19-7-11-24-16-15-22-8-5-6-12-26(22)30-24;31-27(22-8-2-1-3-9-22)30-26(28(32)33)19-20-12-16-24(17-13-20)34-18-6-10-23-15-14-21-7-4-5-11-25(21)29-23;;/h2-4,9-10,13-18,27H,5-8,11-12,19-20H2,1H3,(H,31,32);1-3,8-9,12-17,26H,4-7,10-11,18-19H2,(H,30,31)(H,32,33);2*1H2/t27-;26-;;/m00../s1. The van der Waals surface area contributed by atoms with Gasteiger partial charge in [0.25, 0.3) is 11.8 Å². The second-order valence-electron chi connectivity index (χ2n) is 17.5. The fraction of sp³-hybridized carbons (Fsp3) is 0.333. The number of benzene rings is 4. The van der Waals surface area contributed by atoms with E-state index in [1.807, 2.05) is 54.6 Å². The number of carbonyl (C=O) groups excluding carboxylic acids is 3. The number of hydrogen-bond acceptors (Lipinski definition) is 9. The second-order valence-corrected chi connectivity index (χ2v) is 17.5. The van der Waals surface area contributed by atoms with E-state index in [2.05, 4.69) is 34.9 Å². The summed E-state index contributed by atoms with van der Waals surface area (Å²) in [6, 6.07) is 39.3. The minimum Gasteiger partial charge on any atom is -0.494 e. The fourth-order valence-electron chi connectivity index (χ4n) is 8.53. The van der Waals surface area contributed by atoms with Gasteiger partial charge >= 0.3 is 11.9 Å². The van der Waals surface area contributed by atoms with Crippen LogP contribution >= 0.6 is 27.0 Å². The first kappa shape index (κ1) is 55.3. The summed E-state index contributed by atoms with van der Waals surface area (Å²) < 4.78 is 16.7. The molecule has 12 nitrogen and oxygen atoms in total. The number of rotatable bonds is 20. The number of aliphatic carboxylic acids is 1. The van der Waals surface area contributed by atoms with Crippen molar-refractivity contribution in [2.24, 2.45) is 0 Å². The lowest BCUT2D eigenvalue weighted by atomic mass is 9.95. The molecule has 0 fully saturated rings. The first-order valence-electron chi connectivity index (χ1n) is 24.1. The van der Waals surface area contributed by atoms with E-state index < -0.39 is 29.9 Å². The van der Waals surface area contributed by atoms with E-state index in [9.17, 15) is 24.3 Å². The van der Waals surface area contributed by atoms with E-state index >= 15 is 0 Å². The van der Waals surface area contributed by atoms with E-state index in [0.717, 1.165) is 85.4 Å². The quantitative estimate of drug-likeness (QED) is 0.0496. The smallest absolute Gasteiger partial charge is 0.328 e. The lowest BCUT2D eigenvalue weighted by molar-refractivity contribution is -0.143. The molecule has 0 unspecified atom stereocenters. The van der Waals surface area contributed by atoms with E-state index in [0.29, 0.717) is 30.8 Å². The van der Waals surface area contributed by atoms with Crippen molar-refractivity contribution in [2.45, 2.75) is 102 Å². The van der Waals surface area contributed by atoms with Crippen molar-refractivity contribution in [1.29, 1.82) is 0 Å². The average Bonchev–Trinajstić information content (AvgIpc) is 3.39. The van der Waals surface area contributed by atoms with Gasteiger partial charge in [-0.3, -0.25) is 19.6 Å². The normalized spacial score (nSPS) is 13.1. The number of hydrogen-bond donors (Lipinski definition) is 3. The van der Waals surface area contributed by atoms with E-state index in [4.69, 9.17) is 24.2 Å². The number of methoxy groups -OCH3 is 1. The highest BCUT2D eigenvalue weighted by atomic mass is 32.1. The Labute approximate surface area is 431 Å². The second kappa shape index (κ2) is 28.9. The lowest BCUT2D eigenvalue weighted by Crippen LogP contribution is -2.43. The van der Waals surface area contributed by atoms with Crippen LogP contribution in [-0.2, 0) is 65.7 Å². The van der Waals surface area contributed by atoms with Gasteiger partial charge in [0, 0.05) is 46.7 Å². The van der Waals surface area contributed by atoms with E-state index in [1.54, 1.807) is 54.6 Å². The van der Waals surface area contributed by atoms with Crippen LogP contribution in [0.3, 0.4) is 0 Å². The molecule has 14 heteroatoms. The summed E-state index contributed by atoms with van der Waals surface area (Å²) in [5, 5.41) is 14.9. The maximum absolute atomic E-state index is 12.5. The molecule has 0 spiro atoms. The summed E-state index contributed by atoms with van der Waals surface area (Å²) in [5.74, 6) is -0.751. The SMILES string of the molecule is COC(=O)[C@H](Cc1ccc(OCCCc2ccc3c(n2)CCCC3)cc1)NC(=O)c1ccccc1.O=C(N[C@@H](Cc1ccc(OCCCc2ccc3c(n2)CCCC3)cc1)C(=O)O)c1ccccc1.S.S. The molecular formula is C57H66N4O8S2. The van der Waals surface area contributed by atoms with Crippen LogP contribution in [0, 0.1) is 0 Å². The number of nitrogens with one attached hydrogen (secondary N) is 2. The van der Waals surface area contributed by atoms with Gasteiger partial charge in [-0.05, 0) is 160 Å². The zero-order chi connectivity index (χ0) is 48.2. The van der Waals surface area contributed by atoms with Crippen LogP contribution in [0.15, 0.2) is 133 Å². The molecule has 0 aliphatic heterocycles. The number of carboxylic acids is 1. The Morgan fingerprint density at radius 1 is 0.535 bits per heavy atom. The van der Waals surface area contributed by atoms with Crippen LogP contribution in [0.5, 0.6) is 11.5 Å². The highest BCUT2D eigenvalue weighted by Crippen LogP contribution is 2.22. The first-order valence-corrected chi connectivity index (χ1v) is 24.1. The fourth-order valence-corrected chi connectivity index (χ4v) is 8.53. The van der Waals surface area contributed by atoms with Crippen LogP contribution < -0.4 is 20.1 Å². The number of carbonyl (C=O) groups is 4. The summed E-state index contributed by atoms with van der Waals surface area (Å²) in [6.07, 6.45) is 13.6. The van der Waals surface area contributed by atoms with Crippen molar-refractivity contribution in [3.63, 3.8) is 0 Å². The van der Waals surface area contributed by atoms with Crippen molar-refractivity contribution in [1.82, 2.24) is 20.6 Å². The van der Waals surface area contributed by atoms with Gasteiger partial charge in [-0.25, -0.2) is 9.59 Å². The Bertz CT molecular complexity index is 2620. The van der Waals surface area contributed by atoms with Gasteiger partial charge in [0.2, 0.25) is 0 Å². The molecule has 0 saturated carbocycles. The van der Waals surface area contributed by atoms with Gasteiger partial charge in [-0.1, -0.05) is 72.8 Å². The Hall–Kier alpha value is -6.64. The number of carboxylic acid groups (broad SMARTS) is 1. The van der Waals surface area contributed by atoms with Crippen LogP contribution in [0.1, 0.15) is 104 Å². The lowest BCUT2D eigenvalue weighted by Gasteiger charge is -2.17. The van der Waals surface area contributed by atoms with Crippen LogP contribution in [0.25, 0.3) is 0 Å². The molecule has 2 heterocycles. The number of amides is 2. The molecule has 2 aromatic heterocycles. The summed E-state index contributed by atoms with van der Waals surface area (Å²) in [5.41, 5.74) is 10.2. The summed E-state index contributed by atoms with van der Waals surface area (Å²) in [4.78, 5) is 58.4. The molecule has 2 aliphatic carbocycles. The molecule has 4 aromatic carbocycles. The molecule has 374 valence electrons. The Balaban J connectivity index is 0.000000257. The van der Waals surface area contributed by atoms with E-state index in [-0.39, 0.29) is 39.3 Å². The zero-order valence-corrected chi connectivity index (χ0v) is 42.4. The van der Waals surface area contributed by atoms with Crippen molar-refractivity contribution < 1.29 is 38.5 Å². The van der Waals surface area contributed by atoms with Gasteiger partial charge in [0.1, 0.15) is 23.6 Å². The summed E-state index contributed by atoms with van der Waals surface area (Å²) >= 11 is 0. The van der Waals surface area contributed by atoms with Crippen molar-refractivity contribution in [3.8, 4) is 11.5 Å². The molecule has 2 amide bonds. The topological polar surface area (TPSA) is 166 Å². The predicted molar refractivity (Wildman–Crippen MR) is 285 cm³/mol. The summed E-state index contributed by atoms with van der Waals surface area (Å²) in [6.45, 7) is 1.19. The van der Waals surface area contributed by atoms with E-state index in [1.165, 1.54) is 55.3 Å². The number of fused-ring (bicyclic) bond motifs is 2. The number of ether oxygens (including phenoxy) is 3. The van der Waals surface area contributed by atoms with Gasteiger partial charge < -0.3 is 30.0 Å². The van der Waals surface area contributed by atoms with Gasteiger partial charge in [0.05, 0.1) is 20.3 Å². The van der Waals surface area contributed by atoms with Crippen molar-refractivity contribution in [2.75, 3.05) is 20.3 Å². The predicted octanol–water partition coefficient (Wildman–Crippen LogP) is 9.11. The maximum atomic E-state index is 12.5. The highest BCUT2D eigenvalue weighted by Gasteiger charge is 2.24. The molecule has 6 aromatic rings. The number of pyridine rings is 2. The van der Waals surface area contributed by atoms with Crippen LogP contribution in [0.4, 0.5) is 0 Å². The van der Waals surface area contributed by atoms with Gasteiger partial charge in [-0.15, -0.1) is 0 Å². The molecule has 71 heavy (non-hydrogen) atoms.